The molecule has 0 aliphatic carbocycles. The highest BCUT2D eigenvalue weighted by Crippen LogP contribution is 2.21. The van der Waals surface area contributed by atoms with Gasteiger partial charge in [0.2, 0.25) is 5.67 Å². The topological polar surface area (TPSA) is 80.3 Å². The molecule has 1 aromatic heterocycles. The minimum atomic E-state index is -1.97. The number of nitrogens with one attached hydrogen (secondary N) is 2. The average Bonchev–Trinajstić information content (AvgIpc) is 2.99. The van der Waals surface area contributed by atoms with Crippen LogP contribution in [0.5, 0.6) is 0 Å². The second kappa shape index (κ2) is 8.40. The van der Waals surface area contributed by atoms with Crippen molar-refractivity contribution in [3.63, 3.8) is 0 Å². The lowest BCUT2D eigenvalue weighted by atomic mass is 9.94. The fourth-order valence-corrected chi connectivity index (χ4v) is 2.87. The van der Waals surface area contributed by atoms with Crippen LogP contribution in [0.4, 0.5) is 4.39 Å². The fraction of sp³-hybridized carbons (Fsp3) is 0.615. The molecule has 1 amide bonds. The number of thiazole rings is 1. The van der Waals surface area contributed by atoms with Crippen LogP contribution < -0.4 is 10.6 Å². The number of hydrogen-bond donors (Lipinski definition) is 2. The van der Waals surface area contributed by atoms with Gasteiger partial charge in [0.25, 0.3) is 5.91 Å². The van der Waals surface area contributed by atoms with Crippen LogP contribution in [0.25, 0.3) is 0 Å². The van der Waals surface area contributed by atoms with E-state index >= 15 is 0 Å². The molecular weight excluding hydrogens is 333 g/mol. The fourth-order valence-electron chi connectivity index (χ4n) is 2.23. The lowest BCUT2D eigenvalue weighted by molar-refractivity contribution is -0.147. The summed E-state index contributed by atoms with van der Waals surface area (Å²) in [6.45, 7) is 0.660. The van der Waals surface area contributed by atoms with Gasteiger partial charge in [0.1, 0.15) is 6.04 Å². The number of rotatable bonds is 5. The first-order valence-corrected chi connectivity index (χ1v) is 7.59. The molecule has 1 fully saturated rings. The highest BCUT2D eigenvalue weighted by molar-refractivity contribution is 7.09. The number of esters is 1. The Hall–Kier alpha value is -1.25. The summed E-state index contributed by atoms with van der Waals surface area (Å²) < 4.78 is 19.2. The zero-order valence-corrected chi connectivity index (χ0v) is 13.8. The Balaban J connectivity index is 0.00000242. The second-order valence-corrected chi connectivity index (χ2v) is 5.94. The third-order valence-corrected chi connectivity index (χ3v) is 4.22. The first-order chi connectivity index (χ1) is 10.0. The summed E-state index contributed by atoms with van der Waals surface area (Å²) in [5.41, 5.74) is -0.342. The molecule has 6 nitrogen and oxygen atoms in total. The van der Waals surface area contributed by atoms with E-state index in [0.717, 1.165) is 4.88 Å². The number of methoxy groups -OCH3 is 1. The Bertz CT molecular complexity index is 495. The molecule has 1 saturated heterocycles. The van der Waals surface area contributed by atoms with E-state index in [1.165, 1.54) is 18.4 Å². The zero-order valence-electron chi connectivity index (χ0n) is 12.1. The molecular formula is C13H19ClFN3O3S. The van der Waals surface area contributed by atoms with Gasteiger partial charge in [0.15, 0.2) is 0 Å². The Morgan fingerprint density at radius 3 is 2.95 bits per heavy atom. The summed E-state index contributed by atoms with van der Waals surface area (Å²) in [4.78, 5) is 28.6. The molecule has 1 aromatic rings. The number of ether oxygens (including phenoxy) is 1. The molecule has 2 atom stereocenters. The molecule has 2 heterocycles. The van der Waals surface area contributed by atoms with E-state index in [-0.39, 0.29) is 31.8 Å². The first kappa shape index (κ1) is 18.8. The van der Waals surface area contributed by atoms with Gasteiger partial charge in [-0.2, -0.15) is 0 Å². The van der Waals surface area contributed by atoms with Crippen molar-refractivity contribution < 1.29 is 18.7 Å². The Morgan fingerprint density at radius 1 is 1.64 bits per heavy atom. The van der Waals surface area contributed by atoms with E-state index in [2.05, 4.69) is 20.4 Å². The van der Waals surface area contributed by atoms with Crippen LogP contribution in [0.2, 0.25) is 0 Å². The molecule has 2 rings (SSSR count). The van der Waals surface area contributed by atoms with Crippen molar-refractivity contribution in [3.8, 4) is 0 Å². The smallest absolute Gasteiger partial charge is 0.328 e. The van der Waals surface area contributed by atoms with E-state index in [1.54, 1.807) is 11.7 Å². The summed E-state index contributed by atoms with van der Waals surface area (Å²) in [6.07, 6.45) is 2.59. The van der Waals surface area contributed by atoms with E-state index in [1.807, 2.05) is 0 Å². The van der Waals surface area contributed by atoms with Crippen molar-refractivity contribution in [1.82, 2.24) is 15.6 Å². The predicted molar refractivity (Wildman–Crippen MR) is 83.0 cm³/mol. The summed E-state index contributed by atoms with van der Waals surface area (Å²) in [6, 6.07) is -0.905. The van der Waals surface area contributed by atoms with Crippen molar-refractivity contribution in [2.75, 3.05) is 20.2 Å². The number of halogens is 2. The van der Waals surface area contributed by atoms with Crippen LogP contribution in [0, 0.1) is 0 Å². The normalized spacial score (nSPS) is 22.3. The van der Waals surface area contributed by atoms with E-state index in [4.69, 9.17) is 0 Å². The summed E-state index contributed by atoms with van der Waals surface area (Å²) >= 11 is 1.36. The third kappa shape index (κ3) is 4.62. The van der Waals surface area contributed by atoms with E-state index in [0.29, 0.717) is 13.0 Å². The van der Waals surface area contributed by atoms with E-state index in [9.17, 15) is 14.0 Å². The average molecular weight is 352 g/mol. The monoisotopic (exact) mass is 351 g/mol. The maximum Gasteiger partial charge on any atom is 0.328 e. The first-order valence-electron chi connectivity index (χ1n) is 6.71. The van der Waals surface area contributed by atoms with Crippen molar-refractivity contribution >= 4 is 35.6 Å². The standard InChI is InChI=1S/C13H18FN3O3S.ClH/c1-20-11(18)10(5-9-6-16-8-21-9)17-12(19)13(14)3-2-4-15-7-13;/h6,8,10,15H,2-5,7H2,1H3,(H,17,19);1H. The minimum absolute atomic E-state index is 0. The number of nitrogens with zero attached hydrogens (tertiary/aromatic N) is 1. The molecule has 0 saturated carbocycles. The molecule has 0 bridgehead atoms. The molecule has 22 heavy (non-hydrogen) atoms. The van der Waals surface area contributed by atoms with Crippen LogP contribution in [0.1, 0.15) is 17.7 Å². The van der Waals surface area contributed by atoms with Crippen LogP contribution >= 0.6 is 23.7 Å². The third-order valence-electron chi connectivity index (χ3n) is 3.42. The van der Waals surface area contributed by atoms with Gasteiger partial charge < -0.3 is 15.4 Å². The molecule has 2 N–H and O–H groups in total. The molecule has 124 valence electrons. The lowest BCUT2D eigenvalue weighted by Crippen LogP contribution is -2.56. The minimum Gasteiger partial charge on any atom is -0.467 e. The Kier molecular flexibility index (Phi) is 7.18. The molecule has 2 unspecified atom stereocenters. The number of aromatic nitrogens is 1. The maximum absolute atomic E-state index is 14.5. The van der Waals surface area contributed by atoms with Crippen molar-refractivity contribution in [1.29, 1.82) is 0 Å². The van der Waals surface area contributed by atoms with Gasteiger partial charge in [-0.3, -0.25) is 9.78 Å². The second-order valence-electron chi connectivity index (χ2n) is 4.97. The van der Waals surface area contributed by atoms with Crippen LogP contribution in [-0.4, -0.2) is 48.8 Å². The maximum atomic E-state index is 14.5. The predicted octanol–water partition coefficient (Wildman–Crippen LogP) is 0.857. The molecule has 1 aliphatic rings. The number of carbonyl (C=O) groups is 2. The van der Waals surface area contributed by atoms with Crippen molar-refractivity contribution in [3.05, 3.63) is 16.6 Å². The Morgan fingerprint density at radius 2 is 2.41 bits per heavy atom. The summed E-state index contributed by atoms with van der Waals surface area (Å²) in [5, 5.41) is 5.32. The quantitative estimate of drug-likeness (QED) is 0.769. The number of piperidine rings is 1. The molecule has 0 spiro atoms. The lowest BCUT2D eigenvalue weighted by Gasteiger charge is -2.30. The number of alkyl halides is 1. The van der Waals surface area contributed by atoms with Crippen LogP contribution in [0.3, 0.4) is 0 Å². The van der Waals surface area contributed by atoms with Gasteiger partial charge in [-0.25, -0.2) is 9.18 Å². The zero-order chi connectivity index (χ0) is 15.3. The summed E-state index contributed by atoms with van der Waals surface area (Å²) in [5.74, 6) is -1.36. The van der Waals surface area contributed by atoms with Gasteiger partial charge in [-0.15, -0.1) is 23.7 Å². The van der Waals surface area contributed by atoms with Gasteiger partial charge in [-0.1, -0.05) is 0 Å². The van der Waals surface area contributed by atoms with Crippen LogP contribution in [0.15, 0.2) is 11.7 Å². The highest BCUT2D eigenvalue weighted by Gasteiger charge is 2.41. The molecule has 0 radical (unpaired) electrons. The van der Waals surface area contributed by atoms with Gasteiger partial charge in [0.05, 0.1) is 12.6 Å². The molecule has 9 heteroatoms. The molecule has 0 aromatic carbocycles. The molecule has 1 aliphatic heterocycles. The number of amides is 1. The van der Waals surface area contributed by atoms with E-state index < -0.39 is 23.6 Å². The highest BCUT2D eigenvalue weighted by atomic mass is 35.5. The van der Waals surface area contributed by atoms with Crippen molar-refractivity contribution in [2.24, 2.45) is 0 Å². The van der Waals surface area contributed by atoms with Gasteiger partial charge in [0, 0.05) is 24.0 Å². The van der Waals surface area contributed by atoms with Gasteiger partial charge in [-0.05, 0) is 19.4 Å². The SMILES string of the molecule is COC(=O)C(Cc1cncs1)NC(=O)C1(F)CCCNC1.Cl. The Labute approximate surface area is 138 Å². The summed E-state index contributed by atoms with van der Waals surface area (Å²) in [7, 11) is 1.24. The van der Waals surface area contributed by atoms with Crippen molar-refractivity contribution in [2.45, 2.75) is 31.0 Å². The number of carbonyl (C=O) groups excluding carboxylic acids is 2. The number of hydrogen-bond acceptors (Lipinski definition) is 6. The van der Waals surface area contributed by atoms with Crippen LogP contribution in [-0.2, 0) is 20.7 Å². The largest absolute Gasteiger partial charge is 0.467 e. The van der Waals surface area contributed by atoms with Gasteiger partial charge >= 0.3 is 5.97 Å².